The predicted octanol–water partition coefficient (Wildman–Crippen LogP) is -0.406. The fraction of sp³-hybridized carbons (Fsp3) is 1.00. The van der Waals surface area contributed by atoms with E-state index in [4.69, 9.17) is 10.2 Å². The summed E-state index contributed by atoms with van der Waals surface area (Å²) in [6, 6.07) is 0. The molecule has 0 aromatic heterocycles. The third kappa shape index (κ3) is 11.0. The first kappa shape index (κ1) is 11.0. The maximum atomic E-state index is 8.39. The number of rotatable bonds is 2. The van der Waals surface area contributed by atoms with Crippen LogP contribution < -0.4 is 0 Å². The van der Waals surface area contributed by atoms with Crippen molar-refractivity contribution in [2.75, 3.05) is 6.61 Å². The van der Waals surface area contributed by atoms with Crippen LogP contribution in [0.15, 0.2) is 0 Å². The van der Waals surface area contributed by atoms with Crippen molar-refractivity contribution in [2.24, 2.45) is 0 Å². The van der Waals surface area contributed by atoms with Crippen LogP contribution in [0.25, 0.3) is 0 Å². The molecule has 7 heavy (non-hydrogen) atoms. The molecule has 0 amide bonds. The van der Waals surface area contributed by atoms with Crippen LogP contribution in [0, 0.1) is 0 Å². The summed E-state index contributed by atoms with van der Waals surface area (Å²) in [4.78, 5) is 0. The molecule has 0 radical (unpaired) electrons. The Morgan fingerprint density at radius 2 is 2.14 bits per heavy atom. The Bertz CT molecular complexity index is 37.7. The number of hydrogen-bond donors (Lipinski definition) is 2. The normalized spacial score (nSPS) is 12.4. The molecule has 0 heterocycles. The molecule has 0 fully saturated rings. The Labute approximate surface area is 76.5 Å². The molecule has 1 unspecified atom stereocenters. The maximum absolute atomic E-state index is 8.39. The Morgan fingerprint density at radius 1 is 1.71 bits per heavy atom. The van der Waals surface area contributed by atoms with Gasteiger partial charge in [0.2, 0.25) is 0 Å². The van der Waals surface area contributed by atoms with E-state index >= 15 is 0 Å². The van der Waals surface area contributed by atoms with Gasteiger partial charge >= 0.3 is 37.7 Å². The molecule has 1 atom stereocenters. The van der Waals surface area contributed by atoms with Gasteiger partial charge in [0.25, 0.3) is 0 Å². The third-order valence-corrected chi connectivity index (χ3v) is 0.547. The summed E-state index contributed by atoms with van der Waals surface area (Å²) in [7, 11) is 0. The molecule has 42 valence electrons. The van der Waals surface area contributed by atoms with Crippen molar-refractivity contribution in [1.29, 1.82) is 0 Å². The summed E-state index contributed by atoms with van der Waals surface area (Å²) in [6.07, 6.45) is 0.134. The maximum Gasteiger partial charge on any atom is 2.00 e. The molecule has 3 heteroatoms. The first-order valence-corrected chi connectivity index (χ1v) is 2.06. The van der Waals surface area contributed by atoms with E-state index in [1.807, 2.05) is 0 Å². The van der Waals surface area contributed by atoms with Gasteiger partial charge in [0.15, 0.2) is 0 Å². The van der Waals surface area contributed by atoms with E-state index in [9.17, 15) is 0 Å². The first-order chi connectivity index (χ1) is 2.77. The topological polar surface area (TPSA) is 40.5 Å². The molecule has 2 nitrogen and oxygen atoms in total. The van der Waals surface area contributed by atoms with Crippen LogP contribution >= 0.6 is 0 Å². The van der Waals surface area contributed by atoms with Gasteiger partial charge in [-0.25, -0.2) is 0 Å². The number of aliphatic hydroxyl groups excluding tert-OH is 2. The molecule has 0 aliphatic rings. The van der Waals surface area contributed by atoms with E-state index in [0.717, 1.165) is 0 Å². The van der Waals surface area contributed by atoms with Gasteiger partial charge in [-0.2, -0.15) is 0 Å². The molecular weight excluding hydrogens is 120 g/mol. The SMILES string of the molecule is CC(O)CCO.[Ca+2].[H-].[H-]. The molecule has 0 aromatic rings. The molecule has 0 spiro atoms. The summed E-state index contributed by atoms with van der Waals surface area (Å²) in [5.74, 6) is 0. The van der Waals surface area contributed by atoms with Crippen molar-refractivity contribution in [3.8, 4) is 0 Å². The van der Waals surface area contributed by atoms with Crippen LogP contribution in [0.2, 0.25) is 0 Å². The molecule has 0 saturated heterocycles. The molecule has 0 aliphatic carbocycles. The van der Waals surface area contributed by atoms with E-state index in [-0.39, 0.29) is 53.3 Å². The van der Waals surface area contributed by atoms with Gasteiger partial charge in [-0.3, -0.25) is 0 Å². The van der Waals surface area contributed by atoms with Crippen molar-refractivity contribution in [1.82, 2.24) is 0 Å². The van der Waals surface area contributed by atoms with Crippen LogP contribution in [-0.4, -0.2) is 60.7 Å². The second-order valence-corrected chi connectivity index (χ2v) is 1.36. The van der Waals surface area contributed by atoms with Gasteiger partial charge in [-0.15, -0.1) is 0 Å². The fourth-order valence-electron chi connectivity index (χ4n) is 0.187. The van der Waals surface area contributed by atoms with Crippen LogP contribution in [0.5, 0.6) is 0 Å². The largest absolute Gasteiger partial charge is 2.00 e. The summed E-state index contributed by atoms with van der Waals surface area (Å²) < 4.78 is 0. The van der Waals surface area contributed by atoms with E-state index in [0.29, 0.717) is 6.42 Å². The number of aliphatic hydroxyl groups is 2. The molecule has 0 rings (SSSR count). The Morgan fingerprint density at radius 3 is 2.14 bits per heavy atom. The van der Waals surface area contributed by atoms with E-state index < -0.39 is 0 Å². The van der Waals surface area contributed by atoms with Crippen molar-refractivity contribution >= 4 is 37.7 Å². The van der Waals surface area contributed by atoms with Gasteiger partial charge in [0.05, 0.1) is 6.10 Å². The Balaban J connectivity index is -0.0000000417. The van der Waals surface area contributed by atoms with Gasteiger partial charge in [-0.1, -0.05) is 0 Å². The average molecular weight is 132 g/mol. The first-order valence-electron chi connectivity index (χ1n) is 2.06. The smallest absolute Gasteiger partial charge is 1.00 e. The van der Waals surface area contributed by atoms with Crippen LogP contribution in [0.3, 0.4) is 0 Å². The van der Waals surface area contributed by atoms with E-state index in [2.05, 4.69) is 0 Å². The Kier molecular flexibility index (Phi) is 11.3. The zero-order valence-corrected chi connectivity index (χ0v) is 6.80. The van der Waals surface area contributed by atoms with Gasteiger partial charge in [-0.05, 0) is 13.3 Å². The van der Waals surface area contributed by atoms with E-state index in [1.54, 1.807) is 6.92 Å². The summed E-state index contributed by atoms with van der Waals surface area (Å²) >= 11 is 0. The third-order valence-electron chi connectivity index (χ3n) is 0.547. The monoisotopic (exact) mass is 132 g/mol. The van der Waals surface area contributed by atoms with Crippen LogP contribution in [0.4, 0.5) is 0 Å². The molecule has 0 bridgehead atoms. The van der Waals surface area contributed by atoms with Gasteiger partial charge < -0.3 is 13.1 Å². The Hall–Kier alpha value is 1.18. The van der Waals surface area contributed by atoms with Crippen LogP contribution in [-0.2, 0) is 0 Å². The van der Waals surface area contributed by atoms with Crippen molar-refractivity contribution in [3.05, 3.63) is 0 Å². The zero-order chi connectivity index (χ0) is 4.99. The second kappa shape index (κ2) is 7.18. The quantitative estimate of drug-likeness (QED) is 0.502. The zero-order valence-electron chi connectivity index (χ0n) is 6.59. The fourth-order valence-corrected chi connectivity index (χ4v) is 0.187. The molecule has 0 aliphatic heterocycles. The van der Waals surface area contributed by atoms with Crippen LogP contribution in [0.1, 0.15) is 16.2 Å². The van der Waals surface area contributed by atoms with E-state index in [1.165, 1.54) is 0 Å². The van der Waals surface area contributed by atoms with Crippen molar-refractivity contribution < 1.29 is 13.1 Å². The standard InChI is InChI=1S/C4H10O2.Ca.2H/c1-4(6)2-3-5;;;/h4-6H,2-3H2,1H3;;;/q;+2;2*-1. The second-order valence-electron chi connectivity index (χ2n) is 1.36. The molecule has 0 saturated carbocycles. The minimum atomic E-state index is -0.352. The summed E-state index contributed by atoms with van der Waals surface area (Å²) in [6.45, 7) is 1.73. The molecular formula is C4H12CaO2. The van der Waals surface area contributed by atoms with Crippen molar-refractivity contribution in [3.63, 3.8) is 0 Å². The predicted molar refractivity (Wildman–Crippen MR) is 31.4 cm³/mol. The summed E-state index contributed by atoms with van der Waals surface area (Å²) in [5.41, 5.74) is 0. The summed E-state index contributed by atoms with van der Waals surface area (Å²) in [5, 5.41) is 16.5. The van der Waals surface area contributed by atoms with Crippen molar-refractivity contribution in [2.45, 2.75) is 19.4 Å². The average Bonchev–Trinajstić information content (AvgIpc) is 1.35. The van der Waals surface area contributed by atoms with Gasteiger partial charge in [0, 0.05) is 6.61 Å². The minimum Gasteiger partial charge on any atom is -1.00 e. The minimum absolute atomic E-state index is 0. The molecule has 0 aromatic carbocycles. The molecule has 2 N–H and O–H groups in total. The number of hydrogen-bond acceptors (Lipinski definition) is 2. The van der Waals surface area contributed by atoms with Gasteiger partial charge in [0.1, 0.15) is 0 Å².